The van der Waals surface area contributed by atoms with Crippen LogP contribution in [0.4, 0.5) is 0 Å². The Bertz CT molecular complexity index is 636. The number of rotatable bonds is 4. The van der Waals surface area contributed by atoms with E-state index < -0.39 is 0 Å². The number of hydrogen-bond donors (Lipinski definition) is 0. The van der Waals surface area contributed by atoms with E-state index in [9.17, 15) is 0 Å². The Hall–Kier alpha value is -1.07. The Morgan fingerprint density at radius 2 is 1.90 bits per heavy atom. The fourth-order valence-electron chi connectivity index (χ4n) is 3.40. The zero-order valence-electron chi connectivity index (χ0n) is 13.3. The smallest absolute Gasteiger partial charge is 0.158 e. The molecule has 2 atom stereocenters. The van der Waals surface area contributed by atoms with Crippen LogP contribution in [-0.4, -0.2) is 43.4 Å². The van der Waals surface area contributed by atoms with Crippen molar-refractivity contribution in [2.75, 3.05) is 13.1 Å². The summed E-state index contributed by atoms with van der Waals surface area (Å²) in [6, 6.07) is 0.495. The summed E-state index contributed by atoms with van der Waals surface area (Å²) in [5, 5.41) is 4.40. The molecule has 1 aliphatic rings. The number of aromatic nitrogens is 4. The second-order valence-corrected chi connectivity index (χ2v) is 6.82. The van der Waals surface area contributed by atoms with Gasteiger partial charge in [0.15, 0.2) is 5.65 Å². The lowest BCUT2D eigenvalue weighted by atomic mass is 10.3. The van der Waals surface area contributed by atoms with Crippen LogP contribution in [0.3, 0.4) is 0 Å². The molecule has 0 N–H and O–H groups in total. The van der Waals surface area contributed by atoms with E-state index in [1.807, 2.05) is 25.6 Å². The van der Waals surface area contributed by atoms with Crippen molar-refractivity contribution in [3.63, 3.8) is 0 Å². The SMILES string of the molecule is Cc1nn(C)c2c1nc(C(C)Cl)n2CC(C)N1CCCC1. The van der Waals surface area contributed by atoms with Gasteiger partial charge in [-0.05, 0) is 46.7 Å². The van der Waals surface area contributed by atoms with Crippen LogP contribution in [0.5, 0.6) is 0 Å². The number of imidazole rings is 1. The van der Waals surface area contributed by atoms with Gasteiger partial charge >= 0.3 is 0 Å². The van der Waals surface area contributed by atoms with E-state index in [2.05, 4.69) is 21.5 Å². The average Bonchev–Trinajstić information content (AvgIpc) is 3.10. The Morgan fingerprint density at radius 3 is 2.52 bits per heavy atom. The van der Waals surface area contributed by atoms with E-state index in [1.54, 1.807) is 0 Å². The summed E-state index contributed by atoms with van der Waals surface area (Å²) in [5.41, 5.74) is 3.04. The minimum atomic E-state index is -0.0948. The molecule has 6 heteroatoms. The highest BCUT2D eigenvalue weighted by Crippen LogP contribution is 2.27. The van der Waals surface area contributed by atoms with Crippen molar-refractivity contribution < 1.29 is 0 Å². The molecule has 1 saturated heterocycles. The van der Waals surface area contributed by atoms with Crippen molar-refractivity contribution in [3.8, 4) is 0 Å². The molecule has 0 saturated carbocycles. The zero-order chi connectivity index (χ0) is 15.1. The maximum atomic E-state index is 6.36. The van der Waals surface area contributed by atoms with Crippen LogP contribution in [0.2, 0.25) is 0 Å². The third kappa shape index (κ3) is 2.57. The predicted molar refractivity (Wildman–Crippen MR) is 85.8 cm³/mol. The fraction of sp³-hybridized carbons (Fsp3) is 0.733. The van der Waals surface area contributed by atoms with Gasteiger partial charge in [-0.15, -0.1) is 11.6 Å². The van der Waals surface area contributed by atoms with Crippen molar-refractivity contribution in [2.24, 2.45) is 7.05 Å². The molecule has 5 nitrogen and oxygen atoms in total. The van der Waals surface area contributed by atoms with Crippen LogP contribution < -0.4 is 0 Å². The van der Waals surface area contributed by atoms with Gasteiger partial charge < -0.3 is 4.57 Å². The Kier molecular flexibility index (Phi) is 3.97. The quantitative estimate of drug-likeness (QED) is 0.815. The Morgan fingerprint density at radius 1 is 1.24 bits per heavy atom. The van der Waals surface area contributed by atoms with Gasteiger partial charge in [0.1, 0.15) is 11.3 Å². The molecule has 116 valence electrons. The predicted octanol–water partition coefficient (Wildman–Crippen LogP) is 2.86. The molecule has 0 radical (unpaired) electrons. The number of halogens is 1. The molecule has 3 heterocycles. The largest absolute Gasteiger partial charge is 0.310 e. The summed E-state index contributed by atoms with van der Waals surface area (Å²) < 4.78 is 4.19. The molecule has 21 heavy (non-hydrogen) atoms. The Labute approximate surface area is 130 Å². The van der Waals surface area contributed by atoms with Crippen LogP contribution in [0.1, 0.15) is 43.6 Å². The van der Waals surface area contributed by atoms with E-state index >= 15 is 0 Å². The number of aryl methyl sites for hydroxylation is 2. The third-order valence-corrected chi connectivity index (χ3v) is 4.68. The lowest BCUT2D eigenvalue weighted by Gasteiger charge is -2.25. The number of fused-ring (bicyclic) bond motifs is 1. The summed E-state index contributed by atoms with van der Waals surface area (Å²) in [7, 11) is 1.98. The minimum absolute atomic E-state index is 0.0948. The van der Waals surface area contributed by atoms with Crippen molar-refractivity contribution >= 4 is 22.8 Å². The molecule has 2 aromatic rings. The van der Waals surface area contributed by atoms with E-state index in [1.165, 1.54) is 25.9 Å². The van der Waals surface area contributed by atoms with Gasteiger partial charge in [0.2, 0.25) is 0 Å². The maximum Gasteiger partial charge on any atom is 0.158 e. The van der Waals surface area contributed by atoms with Gasteiger partial charge in [-0.25, -0.2) is 4.98 Å². The third-order valence-electron chi connectivity index (χ3n) is 4.49. The van der Waals surface area contributed by atoms with Crippen molar-refractivity contribution in [1.82, 2.24) is 24.2 Å². The average molecular weight is 310 g/mol. The molecule has 2 aromatic heterocycles. The van der Waals surface area contributed by atoms with E-state index in [-0.39, 0.29) is 5.38 Å². The molecule has 0 aliphatic carbocycles. The molecule has 0 spiro atoms. The summed E-state index contributed by atoms with van der Waals surface area (Å²) in [6.07, 6.45) is 2.63. The first-order valence-electron chi connectivity index (χ1n) is 7.77. The van der Waals surface area contributed by atoms with E-state index in [4.69, 9.17) is 16.6 Å². The number of likely N-dealkylation sites (tertiary alicyclic amines) is 1. The monoisotopic (exact) mass is 309 g/mol. The van der Waals surface area contributed by atoms with Gasteiger partial charge in [-0.3, -0.25) is 9.58 Å². The highest BCUT2D eigenvalue weighted by molar-refractivity contribution is 6.20. The van der Waals surface area contributed by atoms with Gasteiger partial charge in [-0.2, -0.15) is 5.10 Å². The topological polar surface area (TPSA) is 38.9 Å². The molecule has 0 bridgehead atoms. The molecular formula is C15H24ClN5. The highest BCUT2D eigenvalue weighted by Gasteiger charge is 2.24. The fourth-order valence-corrected chi connectivity index (χ4v) is 3.56. The summed E-state index contributed by atoms with van der Waals surface area (Å²) in [5.74, 6) is 0.953. The molecule has 0 amide bonds. The van der Waals surface area contributed by atoms with Gasteiger partial charge in [0.25, 0.3) is 0 Å². The highest BCUT2D eigenvalue weighted by atomic mass is 35.5. The van der Waals surface area contributed by atoms with Crippen molar-refractivity contribution in [3.05, 3.63) is 11.5 Å². The molecule has 2 unspecified atom stereocenters. The normalized spacial score (nSPS) is 19.5. The summed E-state index contributed by atoms with van der Waals surface area (Å²) in [6.45, 7) is 9.62. The van der Waals surface area contributed by atoms with Crippen molar-refractivity contribution in [1.29, 1.82) is 0 Å². The molecule has 1 fully saturated rings. The zero-order valence-corrected chi connectivity index (χ0v) is 14.1. The van der Waals surface area contributed by atoms with Crippen molar-refractivity contribution in [2.45, 2.75) is 51.6 Å². The summed E-state index contributed by atoms with van der Waals surface area (Å²) in [4.78, 5) is 7.29. The van der Waals surface area contributed by atoms with E-state index in [0.29, 0.717) is 6.04 Å². The number of alkyl halides is 1. The maximum absolute atomic E-state index is 6.36. The molecule has 0 aromatic carbocycles. The van der Waals surface area contributed by atoms with Gasteiger partial charge in [0.05, 0.1) is 11.1 Å². The molecule has 3 rings (SSSR count). The number of nitrogens with zero attached hydrogens (tertiary/aromatic N) is 5. The standard InChI is InChI=1S/C15H24ClN5/c1-10(20-7-5-6-8-20)9-21-14(11(2)16)17-13-12(3)18-19(4)15(13)21/h10-11H,5-9H2,1-4H3. The first-order chi connectivity index (χ1) is 9.99. The minimum Gasteiger partial charge on any atom is -0.310 e. The molecule has 1 aliphatic heterocycles. The first-order valence-corrected chi connectivity index (χ1v) is 8.20. The van der Waals surface area contributed by atoms with Gasteiger partial charge in [0, 0.05) is 19.6 Å². The summed E-state index contributed by atoms with van der Waals surface area (Å²) >= 11 is 6.36. The van der Waals surface area contributed by atoms with Crippen LogP contribution in [-0.2, 0) is 13.6 Å². The first kappa shape index (κ1) is 14.9. The lowest BCUT2D eigenvalue weighted by Crippen LogP contribution is -2.34. The van der Waals surface area contributed by atoms with Crippen LogP contribution in [0, 0.1) is 6.92 Å². The van der Waals surface area contributed by atoms with E-state index in [0.717, 1.165) is 29.2 Å². The second kappa shape index (κ2) is 5.61. The second-order valence-electron chi connectivity index (χ2n) is 6.17. The van der Waals surface area contributed by atoms with Gasteiger partial charge in [-0.1, -0.05) is 0 Å². The molecular weight excluding hydrogens is 286 g/mol. The van der Waals surface area contributed by atoms with Crippen LogP contribution >= 0.6 is 11.6 Å². The van der Waals surface area contributed by atoms with Crippen LogP contribution in [0.15, 0.2) is 0 Å². The lowest BCUT2D eigenvalue weighted by molar-refractivity contribution is 0.235. The van der Waals surface area contributed by atoms with Crippen LogP contribution in [0.25, 0.3) is 11.2 Å². The number of hydrogen-bond acceptors (Lipinski definition) is 3. The Balaban J connectivity index is 2.00.